The summed E-state index contributed by atoms with van der Waals surface area (Å²) in [5.74, 6) is 1.66. The highest BCUT2D eigenvalue weighted by Gasteiger charge is 2.19. The predicted octanol–water partition coefficient (Wildman–Crippen LogP) is 5.37. The third-order valence-electron chi connectivity index (χ3n) is 6.12. The molecule has 1 saturated heterocycles. The Hall–Kier alpha value is -3.44. The van der Waals surface area contributed by atoms with Gasteiger partial charge in [0.1, 0.15) is 17.4 Å². The van der Waals surface area contributed by atoms with E-state index in [-0.39, 0.29) is 5.82 Å². The number of rotatable bonds is 5. The van der Waals surface area contributed by atoms with Gasteiger partial charge in [-0.05, 0) is 47.5 Å². The van der Waals surface area contributed by atoms with E-state index in [2.05, 4.69) is 46.2 Å². The molecule has 2 heterocycles. The first-order chi connectivity index (χ1) is 15.7. The largest absolute Gasteiger partial charge is 0.497 e. The van der Waals surface area contributed by atoms with Gasteiger partial charge in [-0.25, -0.2) is 9.37 Å². The van der Waals surface area contributed by atoms with Crippen LogP contribution in [-0.4, -0.2) is 43.2 Å². The molecule has 1 fully saturated rings. The van der Waals surface area contributed by atoms with Crippen LogP contribution >= 0.6 is 0 Å². The average molecular weight is 428 g/mol. The Balaban J connectivity index is 1.32. The monoisotopic (exact) mass is 427 g/mol. The van der Waals surface area contributed by atoms with Crippen molar-refractivity contribution in [2.24, 2.45) is 0 Å². The van der Waals surface area contributed by atoms with E-state index in [1.807, 2.05) is 30.3 Å². The first kappa shape index (κ1) is 20.5. The number of methoxy groups -OCH3 is 1. The number of ether oxygens (including phenoxy) is 1. The lowest BCUT2D eigenvalue weighted by Crippen LogP contribution is -2.46. The molecule has 162 valence electrons. The molecule has 0 aliphatic carbocycles. The zero-order chi connectivity index (χ0) is 21.9. The molecule has 1 aliphatic heterocycles. The summed E-state index contributed by atoms with van der Waals surface area (Å²) in [5, 5.41) is 1.09. The van der Waals surface area contributed by atoms with Crippen molar-refractivity contribution in [1.82, 2.24) is 9.88 Å². The highest BCUT2D eigenvalue weighted by atomic mass is 19.1. The number of para-hydroxylation sites is 1. The van der Waals surface area contributed by atoms with E-state index < -0.39 is 0 Å². The maximum absolute atomic E-state index is 13.4. The molecule has 0 radical (unpaired) electrons. The Morgan fingerprint density at radius 1 is 0.844 bits per heavy atom. The molecule has 1 aliphatic rings. The molecule has 0 unspecified atom stereocenters. The maximum Gasteiger partial charge on any atom is 0.129 e. The van der Waals surface area contributed by atoms with E-state index in [0.29, 0.717) is 0 Å². The zero-order valence-electron chi connectivity index (χ0n) is 18.2. The van der Waals surface area contributed by atoms with Crippen LogP contribution < -0.4 is 9.64 Å². The minimum absolute atomic E-state index is 0.227. The summed E-state index contributed by atoms with van der Waals surface area (Å²) in [6, 6.07) is 25.3. The average Bonchev–Trinajstić information content (AvgIpc) is 2.85. The molecule has 0 bridgehead atoms. The molecule has 3 aromatic carbocycles. The quantitative estimate of drug-likeness (QED) is 0.428. The number of halogens is 1. The van der Waals surface area contributed by atoms with Gasteiger partial charge < -0.3 is 9.64 Å². The topological polar surface area (TPSA) is 28.6 Å². The van der Waals surface area contributed by atoms with Crippen molar-refractivity contribution < 1.29 is 9.13 Å². The number of pyridine rings is 1. The van der Waals surface area contributed by atoms with Crippen molar-refractivity contribution in [1.29, 1.82) is 0 Å². The second-order valence-electron chi connectivity index (χ2n) is 8.16. The van der Waals surface area contributed by atoms with Crippen molar-refractivity contribution in [3.05, 3.63) is 90.2 Å². The van der Waals surface area contributed by atoms with Gasteiger partial charge >= 0.3 is 0 Å². The minimum atomic E-state index is -0.227. The Kier molecular flexibility index (Phi) is 5.73. The molecular formula is C27H26FN3O. The van der Waals surface area contributed by atoms with Gasteiger partial charge in [0.05, 0.1) is 12.6 Å². The van der Waals surface area contributed by atoms with E-state index in [1.54, 1.807) is 7.11 Å². The fourth-order valence-electron chi connectivity index (χ4n) is 4.30. The Morgan fingerprint density at radius 2 is 1.59 bits per heavy atom. The van der Waals surface area contributed by atoms with E-state index in [4.69, 9.17) is 9.72 Å². The van der Waals surface area contributed by atoms with Gasteiger partial charge in [-0.3, -0.25) is 4.90 Å². The van der Waals surface area contributed by atoms with Crippen LogP contribution in [0.15, 0.2) is 78.9 Å². The van der Waals surface area contributed by atoms with Crippen LogP contribution in [-0.2, 0) is 6.54 Å². The SMILES string of the molecule is COc1ccc(CN2CCN(c3ccc4cccc(-c5ccc(F)cc5)c4n3)CC2)cc1. The summed E-state index contributed by atoms with van der Waals surface area (Å²) >= 11 is 0. The molecule has 4 nitrogen and oxygen atoms in total. The van der Waals surface area contributed by atoms with Crippen LogP contribution in [0.3, 0.4) is 0 Å². The fourth-order valence-corrected chi connectivity index (χ4v) is 4.30. The van der Waals surface area contributed by atoms with Gasteiger partial charge in [0, 0.05) is 43.7 Å². The van der Waals surface area contributed by atoms with Crippen LogP contribution in [0.5, 0.6) is 5.75 Å². The molecule has 0 atom stereocenters. The van der Waals surface area contributed by atoms with Crippen molar-refractivity contribution in [3.8, 4) is 16.9 Å². The lowest BCUT2D eigenvalue weighted by Gasteiger charge is -2.35. The van der Waals surface area contributed by atoms with E-state index >= 15 is 0 Å². The number of aromatic nitrogens is 1. The smallest absolute Gasteiger partial charge is 0.129 e. The number of nitrogens with zero attached hydrogens (tertiary/aromatic N) is 3. The van der Waals surface area contributed by atoms with Gasteiger partial charge in [-0.2, -0.15) is 0 Å². The summed E-state index contributed by atoms with van der Waals surface area (Å²) in [6.07, 6.45) is 0. The number of piperazine rings is 1. The molecule has 0 spiro atoms. The first-order valence-electron chi connectivity index (χ1n) is 11.0. The lowest BCUT2D eigenvalue weighted by molar-refractivity contribution is 0.249. The Labute approximate surface area is 187 Å². The van der Waals surface area contributed by atoms with Gasteiger partial charge in [0.2, 0.25) is 0 Å². The van der Waals surface area contributed by atoms with E-state index in [0.717, 1.165) is 66.3 Å². The molecule has 5 rings (SSSR count). The van der Waals surface area contributed by atoms with Crippen molar-refractivity contribution >= 4 is 16.7 Å². The summed E-state index contributed by atoms with van der Waals surface area (Å²) < 4.78 is 18.6. The molecular weight excluding hydrogens is 401 g/mol. The fraction of sp³-hybridized carbons (Fsp3) is 0.222. The van der Waals surface area contributed by atoms with Crippen molar-refractivity contribution in [2.75, 3.05) is 38.2 Å². The van der Waals surface area contributed by atoms with Crippen LogP contribution in [0, 0.1) is 5.82 Å². The number of anilines is 1. The predicted molar refractivity (Wildman–Crippen MR) is 128 cm³/mol. The summed E-state index contributed by atoms with van der Waals surface area (Å²) in [5.41, 5.74) is 4.26. The van der Waals surface area contributed by atoms with E-state index in [9.17, 15) is 4.39 Å². The number of hydrogen-bond acceptors (Lipinski definition) is 4. The van der Waals surface area contributed by atoms with Crippen LogP contribution in [0.2, 0.25) is 0 Å². The molecule has 1 aromatic heterocycles. The number of hydrogen-bond donors (Lipinski definition) is 0. The Bertz CT molecular complexity index is 1200. The van der Waals surface area contributed by atoms with Crippen LogP contribution in [0.4, 0.5) is 10.2 Å². The molecule has 0 N–H and O–H groups in total. The van der Waals surface area contributed by atoms with Crippen molar-refractivity contribution in [3.63, 3.8) is 0 Å². The third kappa shape index (κ3) is 4.30. The molecule has 0 amide bonds. The van der Waals surface area contributed by atoms with E-state index in [1.165, 1.54) is 17.7 Å². The molecule has 0 saturated carbocycles. The van der Waals surface area contributed by atoms with Crippen molar-refractivity contribution in [2.45, 2.75) is 6.54 Å². The molecule has 32 heavy (non-hydrogen) atoms. The molecule has 5 heteroatoms. The zero-order valence-corrected chi connectivity index (χ0v) is 18.2. The van der Waals surface area contributed by atoms with Gasteiger partial charge in [-0.1, -0.05) is 42.5 Å². The number of fused-ring (bicyclic) bond motifs is 1. The molecule has 4 aromatic rings. The highest BCUT2D eigenvalue weighted by molar-refractivity contribution is 5.94. The minimum Gasteiger partial charge on any atom is -0.497 e. The van der Waals surface area contributed by atoms with Crippen LogP contribution in [0.1, 0.15) is 5.56 Å². The third-order valence-corrected chi connectivity index (χ3v) is 6.12. The second-order valence-corrected chi connectivity index (χ2v) is 8.16. The maximum atomic E-state index is 13.4. The van der Waals surface area contributed by atoms with Gasteiger partial charge in [0.15, 0.2) is 0 Å². The van der Waals surface area contributed by atoms with Crippen LogP contribution in [0.25, 0.3) is 22.0 Å². The van der Waals surface area contributed by atoms with Gasteiger partial charge in [0.25, 0.3) is 0 Å². The normalized spacial score (nSPS) is 14.6. The number of benzene rings is 3. The van der Waals surface area contributed by atoms with Gasteiger partial charge in [-0.15, -0.1) is 0 Å². The lowest BCUT2D eigenvalue weighted by atomic mass is 10.0. The Morgan fingerprint density at radius 3 is 2.31 bits per heavy atom. The standard InChI is InChI=1S/C27H26FN3O/c1-32-24-12-5-20(6-13-24)19-30-15-17-31(18-16-30)26-14-9-22-3-2-4-25(27(22)29-26)21-7-10-23(28)11-8-21/h2-14H,15-19H2,1H3. The summed E-state index contributed by atoms with van der Waals surface area (Å²) in [7, 11) is 1.69. The summed E-state index contributed by atoms with van der Waals surface area (Å²) in [6.45, 7) is 4.80. The first-order valence-corrected chi connectivity index (χ1v) is 11.0. The highest BCUT2D eigenvalue weighted by Crippen LogP contribution is 2.29. The summed E-state index contributed by atoms with van der Waals surface area (Å²) in [4.78, 5) is 9.85. The second kappa shape index (κ2) is 8.97.